The lowest BCUT2D eigenvalue weighted by Gasteiger charge is -2.10. The van der Waals surface area contributed by atoms with Crippen molar-refractivity contribution in [3.63, 3.8) is 0 Å². The van der Waals surface area contributed by atoms with Gasteiger partial charge < -0.3 is 15.4 Å². The second kappa shape index (κ2) is 9.45. The van der Waals surface area contributed by atoms with Crippen molar-refractivity contribution >= 4 is 34.2 Å². The van der Waals surface area contributed by atoms with Crippen LogP contribution in [0.4, 0.5) is 5.69 Å². The SMILES string of the molecule is Nc1ccc(-c2cc(Cc3noc4cc(-c5cc(Cl)ccc5-n5cnnn5)ccc34)ccc2C(=O)O)cc1. The van der Waals surface area contributed by atoms with Crippen molar-refractivity contribution in [1.29, 1.82) is 0 Å². The number of nitrogens with zero attached hydrogens (tertiary/aromatic N) is 5. The lowest BCUT2D eigenvalue weighted by molar-refractivity contribution is 0.0697. The highest BCUT2D eigenvalue weighted by Gasteiger charge is 2.17. The van der Waals surface area contributed by atoms with Crippen molar-refractivity contribution < 1.29 is 14.4 Å². The first-order valence-electron chi connectivity index (χ1n) is 11.6. The molecular formula is C28H19ClN6O3. The van der Waals surface area contributed by atoms with Gasteiger partial charge in [-0.25, -0.2) is 4.79 Å². The molecule has 0 aliphatic heterocycles. The van der Waals surface area contributed by atoms with E-state index in [0.29, 0.717) is 28.3 Å². The van der Waals surface area contributed by atoms with Crippen LogP contribution in [0.3, 0.4) is 0 Å². The number of aromatic nitrogens is 5. The number of fused-ring (bicyclic) bond motifs is 1. The summed E-state index contributed by atoms with van der Waals surface area (Å²) in [7, 11) is 0. The van der Waals surface area contributed by atoms with Crippen LogP contribution in [-0.2, 0) is 6.42 Å². The van der Waals surface area contributed by atoms with E-state index in [-0.39, 0.29) is 5.56 Å². The van der Waals surface area contributed by atoms with E-state index in [9.17, 15) is 9.90 Å². The fraction of sp³-hybridized carbons (Fsp3) is 0.0357. The number of aromatic carboxylic acids is 1. The van der Waals surface area contributed by atoms with Crippen molar-refractivity contribution in [3.05, 3.63) is 107 Å². The zero-order valence-electron chi connectivity index (χ0n) is 19.7. The zero-order valence-corrected chi connectivity index (χ0v) is 20.5. The molecule has 0 radical (unpaired) electrons. The molecule has 0 unspecified atom stereocenters. The van der Waals surface area contributed by atoms with Gasteiger partial charge in [0.1, 0.15) is 6.33 Å². The summed E-state index contributed by atoms with van der Waals surface area (Å²) < 4.78 is 7.27. The highest BCUT2D eigenvalue weighted by atomic mass is 35.5. The average molecular weight is 523 g/mol. The molecule has 0 aliphatic carbocycles. The highest BCUT2D eigenvalue weighted by Crippen LogP contribution is 2.33. The Kier molecular flexibility index (Phi) is 5.82. The summed E-state index contributed by atoms with van der Waals surface area (Å²) in [5, 5.41) is 26.9. The first-order chi connectivity index (χ1) is 18.5. The molecule has 0 bridgehead atoms. The molecule has 3 N–H and O–H groups in total. The molecule has 0 aliphatic rings. The van der Waals surface area contributed by atoms with Crippen molar-refractivity contribution in [3.8, 4) is 27.9 Å². The van der Waals surface area contributed by atoms with Crippen LogP contribution in [-0.4, -0.2) is 36.4 Å². The maximum Gasteiger partial charge on any atom is 0.336 e. The Hall–Kier alpha value is -5.02. The minimum absolute atomic E-state index is 0.216. The van der Waals surface area contributed by atoms with E-state index < -0.39 is 5.97 Å². The van der Waals surface area contributed by atoms with Crippen LogP contribution < -0.4 is 5.73 Å². The van der Waals surface area contributed by atoms with Crippen molar-refractivity contribution in [2.24, 2.45) is 0 Å². The summed E-state index contributed by atoms with van der Waals surface area (Å²) >= 11 is 6.30. The number of tetrazole rings is 1. The van der Waals surface area contributed by atoms with Crippen LogP contribution in [0, 0.1) is 0 Å². The van der Waals surface area contributed by atoms with E-state index in [1.807, 2.05) is 48.5 Å². The summed E-state index contributed by atoms with van der Waals surface area (Å²) in [5.74, 6) is -0.996. The van der Waals surface area contributed by atoms with Gasteiger partial charge in [0.05, 0.1) is 16.9 Å². The number of anilines is 1. The molecule has 0 saturated heterocycles. The summed E-state index contributed by atoms with van der Waals surface area (Å²) in [5.41, 5.74) is 12.7. The standard InChI is InChI=1S/C28H19ClN6O3/c29-19-5-10-26(35-15-31-33-34-35)24(14-19)18-4-9-22-25(32-38-27(22)13-18)12-16-1-8-21(28(36)37)23(11-16)17-2-6-20(30)7-3-17/h1-11,13-15H,12,30H2,(H,36,37). The smallest absolute Gasteiger partial charge is 0.336 e. The number of carbonyl (C=O) groups is 1. The predicted molar refractivity (Wildman–Crippen MR) is 143 cm³/mol. The van der Waals surface area contributed by atoms with Crippen LogP contribution in [0.2, 0.25) is 5.02 Å². The maximum atomic E-state index is 11.9. The van der Waals surface area contributed by atoms with Gasteiger partial charge in [-0.15, -0.1) is 5.10 Å². The van der Waals surface area contributed by atoms with Gasteiger partial charge >= 0.3 is 5.97 Å². The lowest BCUT2D eigenvalue weighted by Crippen LogP contribution is -2.01. The zero-order chi connectivity index (χ0) is 26.2. The molecule has 6 rings (SSSR count). The number of carboxylic acids is 1. The Morgan fingerprint density at radius 3 is 2.53 bits per heavy atom. The summed E-state index contributed by atoms with van der Waals surface area (Å²) in [4.78, 5) is 11.9. The monoisotopic (exact) mass is 522 g/mol. The third-order valence-corrected chi connectivity index (χ3v) is 6.55. The van der Waals surface area contributed by atoms with E-state index in [1.165, 1.54) is 6.33 Å². The van der Waals surface area contributed by atoms with Gasteiger partial charge in [-0.05, 0) is 87.3 Å². The van der Waals surface area contributed by atoms with E-state index in [0.717, 1.165) is 39.0 Å². The fourth-order valence-electron chi connectivity index (χ4n) is 4.48. The van der Waals surface area contributed by atoms with E-state index >= 15 is 0 Å². The molecule has 0 spiro atoms. The molecule has 0 atom stereocenters. The van der Waals surface area contributed by atoms with Crippen molar-refractivity contribution in [2.45, 2.75) is 6.42 Å². The molecule has 186 valence electrons. The lowest BCUT2D eigenvalue weighted by atomic mass is 9.95. The molecule has 0 saturated carbocycles. The van der Waals surface area contributed by atoms with Crippen molar-refractivity contribution in [1.82, 2.24) is 25.4 Å². The van der Waals surface area contributed by atoms with Crippen LogP contribution in [0.5, 0.6) is 0 Å². The van der Waals surface area contributed by atoms with Crippen LogP contribution in [0.15, 0.2) is 89.7 Å². The second-order valence-electron chi connectivity index (χ2n) is 8.74. The van der Waals surface area contributed by atoms with Gasteiger partial charge in [-0.3, -0.25) is 0 Å². The van der Waals surface area contributed by atoms with Gasteiger partial charge in [-0.2, -0.15) is 4.68 Å². The molecule has 0 fully saturated rings. The molecule has 10 heteroatoms. The molecule has 2 aromatic heterocycles. The highest BCUT2D eigenvalue weighted by molar-refractivity contribution is 6.31. The predicted octanol–water partition coefficient (Wildman–Crippen LogP) is 5.66. The normalized spacial score (nSPS) is 11.2. The number of rotatable bonds is 6. The molecule has 9 nitrogen and oxygen atoms in total. The number of benzene rings is 4. The Bertz CT molecular complexity index is 1800. The first kappa shape index (κ1) is 23.4. The largest absolute Gasteiger partial charge is 0.478 e. The number of hydrogen-bond donors (Lipinski definition) is 2. The first-order valence-corrected chi connectivity index (χ1v) is 12.0. The average Bonchev–Trinajstić information content (AvgIpc) is 3.59. The van der Waals surface area contributed by atoms with Crippen LogP contribution >= 0.6 is 11.6 Å². The topological polar surface area (TPSA) is 133 Å². The van der Waals surface area contributed by atoms with Crippen LogP contribution in [0.25, 0.3) is 38.9 Å². The molecule has 2 heterocycles. The third-order valence-electron chi connectivity index (χ3n) is 6.32. The Morgan fingerprint density at radius 1 is 0.947 bits per heavy atom. The minimum Gasteiger partial charge on any atom is -0.478 e. The van der Waals surface area contributed by atoms with Gasteiger partial charge in [0.2, 0.25) is 0 Å². The summed E-state index contributed by atoms with van der Waals surface area (Å²) in [6, 6.07) is 23.7. The number of hydrogen-bond acceptors (Lipinski definition) is 7. The number of nitrogens with two attached hydrogens (primary N) is 1. The van der Waals surface area contributed by atoms with E-state index in [4.69, 9.17) is 21.9 Å². The third kappa shape index (κ3) is 4.35. The Balaban J connectivity index is 1.36. The fourth-order valence-corrected chi connectivity index (χ4v) is 4.65. The second-order valence-corrected chi connectivity index (χ2v) is 9.18. The molecule has 6 aromatic rings. The van der Waals surface area contributed by atoms with E-state index in [2.05, 4.69) is 20.7 Å². The number of carboxylic acid groups (broad SMARTS) is 1. The van der Waals surface area contributed by atoms with Gasteiger partial charge in [-0.1, -0.05) is 41.0 Å². The number of halogens is 1. The van der Waals surface area contributed by atoms with Gasteiger partial charge in [0, 0.05) is 28.1 Å². The maximum absolute atomic E-state index is 11.9. The van der Waals surface area contributed by atoms with Crippen molar-refractivity contribution in [2.75, 3.05) is 5.73 Å². The Morgan fingerprint density at radius 2 is 1.76 bits per heavy atom. The molecular weight excluding hydrogens is 504 g/mol. The molecule has 4 aromatic carbocycles. The van der Waals surface area contributed by atoms with E-state index in [1.54, 1.807) is 35.0 Å². The molecule has 0 amide bonds. The quantitative estimate of drug-likeness (QED) is 0.268. The van der Waals surface area contributed by atoms with Gasteiger partial charge in [0.25, 0.3) is 0 Å². The summed E-state index contributed by atoms with van der Waals surface area (Å²) in [6.45, 7) is 0. The molecule has 38 heavy (non-hydrogen) atoms. The van der Waals surface area contributed by atoms with Crippen LogP contribution in [0.1, 0.15) is 21.6 Å². The van der Waals surface area contributed by atoms with Gasteiger partial charge in [0.15, 0.2) is 5.58 Å². The number of nitrogen functional groups attached to an aromatic ring is 1. The minimum atomic E-state index is -0.996. The Labute approximate surface area is 221 Å². The summed E-state index contributed by atoms with van der Waals surface area (Å²) in [6.07, 6.45) is 1.98.